The fourth-order valence-corrected chi connectivity index (χ4v) is 1.77. The predicted octanol–water partition coefficient (Wildman–Crippen LogP) is -0.680. The summed E-state index contributed by atoms with van der Waals surface area (Å²) in [5.41, 5.74) is -0.0955. The van der Waals surface area contributed by atoms with E-state index >= 15 is 0 Å². The second-order valence-corrected chi connectivity index (χ2v) is 4.42. The minimum Gasteiger partial charge on any atom is -0.545 e. The Morgan fingerprint density at radius 2 is 1.75 bits per heavy atom. The van der Waals surface area contributed by atoms with Crippen molar-refractivity contribution in [2.75, 3.05) is 0 Å². The van der Waals surface area contributed by atoms with Crippen molar-refractivity contribution in [3.63, 3.8) is 0 Å². The molecule has 0 aliphatic carbocycles. The van der Waals surface area contributed by atoms with E-state index in [2.05, 4.69) is 6.92 Å². The van der Waals surface area contributed by atoms with E-state index in [0.29, 0.717) is 6.42 Å². The van der Waals surface area contributed by atoms with Gasteiger partial charge in [-0.15, -0.1) is 0 Å². The zero-order valence-corrected chi connectivity index (χ0v) is 14.2. The summed E-state index contributed by atoms with van der Waals surface area (Å²) in [7, 11) is 0. The molecule has 0 N–H and O–H groups in total. The maximum Gasteiger partial charge on any atom is 1.00 e. The van der Waals surface area contributed by atoms with Crippen LogP contribution in [0.25, 0.3) is 0 Å². The molecule has 0 fully saturated rings. The second-order valence-electron chi connectivity index (χ2n) is 4.42. The van der Waals surface area contributed by atoms with Crippen LogP contribution in [0.1, 0.15) is 55.8 Å². The third-order valence-corrected chi connectivity index (χ3v) is 2.82. The van der Waals surface area contributed by atoms with Crippen LogP contribution in [0.4, 0.5) is 0 Å². The first-order valence-electron chi connectivity index (χ1n) is 6.66. The van der Waals surface area contributed by atoms with Gasteiger partial charge in [-0.2, -0.15) is 0 Å². The Labute approximate surface area is 141 Å². The van der Waals surface area contributed by atoms with Crippen LogP contribution in [-0.4, -0.2) is 11.9 Å². The van der Waals surface area contributed by atoms with E-state index in [4.69, 9.17) is 4.74 Å². The molecule has 0 heterocycles. The number of rotatable bonds is 8. The first-order valence-corrected chi connectivity index (χ1v) is 6.66. The standard InChI is InChI=1S/C15H20O4.Na/c1-2-3-4-5-6-11-14(16)19-13-10-8-7-9-12(13)15(17)18;/h7-10H,2-6,11H2,1H3,(H,17,18);/q;+1/p-1. The van der Waals surface area contributed by atoms with E-state index in [9.17, 15) is 14.7 Å². The van der Waals surface area contributed by atoms with Crippen molar-refractivity contribution in [1.82, 2.24) is 0 Å². The summed E-state index contributed by atoms with van der Waals surface area (Å²) >= 11 is 0. The minimum atomic E-state index is -1.34. The van der Waals surface area contributed by atoms with Gasteiger partial charge in [-0.1, -0.05) is 44.7 Å². The summed E-state index contributed by atoms with van der Waals surface area (Å²) in [6, 6.07) is 6.00. The van der Waals surface area contributed by atoms with Gasteiger partial charge >= 0.3 is 35.5 Å². The van der Waals surface area contributed by atoms with Gasteiger partial charge in [-0.05, 0) is 18.6 Å². The van der Waals surface area contributed by atoms with E-state index in [-0.39, 0.29) is 40.9 Å². The molecule has 0 atom stereocenters. The molecule has 0 saturated heterocycles. The number of esters is 1. The third kappa shape index (κ3) is 7.08. The Hall–Kier alpha value is -0.840. The molecular formula is C15H19NaO4. The smallest absolute Gasteiger partial charge is 0.545 e. The predicted molar refractivity (Wildman–Crippen MR) is 69.8 cm³/mol. The minimum absolute atomic E-state index is 0. The Balaban J connectivity index is 0.00000361. The monoisotopic (exact) mass is 286 g/mol. The molecule has 20 heavy (non-hydrogen) atoms. The molecule has 0 unspecified atom stereocenters. The number of carbonyl (C=O) groups excluding carboxylic acids is 2. The van der Waals surface area contributed by atoms with Crippen LogP contribution in [0.3, 0.4) is 0 Å². The van der Waals surface area contributed by atoms with Crippen molar-refractivity contribution in [3.8, 4) is 5.75 Å². The molecule has 0 aromatic heterocycles. The molecular weight excluding hydrogens is 267 g/mol. The summed E-state index contributed by atoms with van der Waals surface area (Å²) < 4.78 is 5.05. The van der Waals surface area contributed by atoms with Crippen molar-refractivity contribution < 1.29 is 49.0 Å². The van der Waals surface area contributed by atoms with E-state index in [1.165, 1.54) is 18.6 Å². The fraction of sp³-hybridized carbons (Fsp3) is 0.467. The van der Waals surface area contributed by atoms with Crippen molar-refractivity contribution in [3.05, 3.63) is 29.8 Å². The van der Waals surface area contributed by atoms with Crippen LogP contribution in [-0.2, 0) is 4.79 Å². The molecule has 1 aromatic rings. The Bertz CT molecular complexity index is 432. The topological polar surface area (TPSA) is 66.4 Å². The zero-order valence-electron chi connectivity index (χ0n) is 12.2. The zero-order chi connectivity index (χ0) is 14.1. The quantitative estimate of drug-likeness (QED) is 0.275. The molecule has 0 aliphatic heterocycles. The maximum absolute atomic E-state index is 11.6. The average molecular weight is 286 g/mol. The number of carboxylic acids is 1. The van der Waals surface area contributed by atoms with E-state index in [0.717, 1.165) is 25.7 Å². The summed E-state index contributed by atoms with van der Waals surface area (Å²) in [6.45, 7) is 2.13. The number of ether oxygens (including phenoxy) is 1. The summed E-state index contributed by atoms with van der Waals surface area (Å²) in [6.07, 6.45) is 5.51. The first-order chi connectivity index (χ1) is 9.15. The van der Waals surface area contributed by atoms with Gasteiger partial charge in [0.1, 0.15) is 5.75 Å². The molecule has 0 amide bonds. The van der Waals surface area contributed by atoms with Crippen LogP contribution in [0.2, 0.25) is 0 Å². The average Bonchev–Trinajstić information content (AvgIpc) is 2.39. The maximum atomic E-state index is 11.6. The number of para-hydroxylation sites is 1. The molecule has 104 valence electrons. The van der Waals surface area contributed by atoms with Crippen molar-refractivity contribution >= 4 is 11.9 Å². The molecule has 0 aliphatic rings. The number of hydrogen-bond donors (Lipinski definition) is 0. The van der Waals surface area contributed by atoms with E-state index in [1.54, 1.807) is 12.1 Å². The van der Waals surface area contributed by atoms with Crippen LogP contribution in [0, 0.1) is 0 Å². The molecule has 0 saturated carbocycles. The van der Waals surface area contributed by atoms with Crippen LogP contribution in [0.5, 0.6) is 5.75 Å². The normalized spacial score (nSPS) is 9.65. The van der Waals surface area contributed by atoms with Crippen molar-refractivity contribution in [1.29, 1.82) is 0 Å². The number of aromatic carboxylic acids is 1. The van der Waals surface area contributed by atoms with Gasteiger partial charge in [0.05, 0.1) is 5.97 Å². The first kappa shape index (κ1) is 19.2. The fourth-order valence-electron chi connectivity index (χ4n) is 1.77. The SMILES string of the molecule is CCCCCCCC(=O)Oc1ccccc1C(=O)[O-].[Na+]. The Kier molecular flexibility index (Phi) is 10.4. The van der Waals surface area contributed by atoms with E-state index in [1.807, 2.05) is 0 Å². The number of carbonyl (C=O) groups is 2. The van der Waals surface area contributed by atoms with Gasteiger partial charge in [0.2, 0.25) is 0 Å². The number of benzene rings is 1. The van der Waals surface area contributed by atoms with Crippen molar-refractivity contribution in [2.45, 2.75) is 45.4 Å². The summed E-state index contributed by atoms with van der Waals surface area (Å²) in [4.78, 5) is 22.4. The van der Waals surface area contributed by atoms with Crippen molar-refractivity contribution in [2.24, 2.45) is 0 Å². The van der Waals surface area contributed by atoms with Crippen LogP contribution < -0.4 is 39.4 Å². The summed E-state index contributed by atoms with van der Waals surface area (Å²) in [5, 5.41) is 10.8. The van der Waals surface area contributed by atoms with Crippen LogP contribution in [0.15, 0.2) is 24.3 Å². The number of hydrogen-bond acceptors (Lipinski definition) is 4. The second kappa shape index (κ2) is 10.9. The molecule has 1 rings (SSSR count). The van der Waals surface area contributed by atoms with Gasteiger partial charge in [0, 0.05) is 12.0 Å². The Morgan fingerprint density at radius 3 is 2.40 bits per heavy atom. The van der Waals surface area contributed by atoms with Gasteiger partial charge in [-0.25, -0.2) is 0 Å². The van der Waals surface area contributed by atoms with Gasteiger partial charge in [0.25, 0.3) is 0 Å². The van der Waals surface area contributed by atoms with Gasteiger partial charge < -0.3 is 14.6 Å². The molecule has 4 nitrogen and oxygen atoms in total. The molecule has 5 heteroatoms. The van der Waals surface area contributed by atoms with Gasteiger partial charge in [-0.3, -0.25) is 4.79 Å². The van der Waals surface area contributed by atoms with E-state index < -0.39 is 11.9 Å². The Morgan fingerprint density at radius 1 is 1.10 bits per heavy atom. The number of carboxylic acid groups (broad SMARTS) is 1. The summed E-state index contributed by atoms with van der Waals surface area (Å²) in [5.74, 6) is -1.68. The molecule has 0 radical (unpaired) electrons. The molecule has 0 spiro atoms. The third-order valence-electron chi connectivity index (χ3n) is 2.82. The number of unbranched alkanes of at least 4 members (excludes halogenated alkanes) is 4. The van der Waals surface area contributed by atoms with Gasteiger partial charge in [0.15, 0.2) is 0 Å². The molecule has 0 bridgehead atoms. The van der Waals surface area contributed by atoms with Crippen LogP contribution >= 0.6 is 0 Å². The molecule has 1 aromatic carbocycles. The largest absolute Gasteiger partial charge is 1.00 e.